The molecule has 0 saturated heterocycles. The second-order valence-corrected chi connectivity index (χ2v) is 4.10. The average Bonchev–Trinajstić information content (AvgIpc) is 2.24. The molecule has 1 aromatic heterocycles. The number of hydrogen-bond acceptors (Lipinski definition) is 1. The van der Waals surface area contributed by atoms with Gasteiger partial charge in [-0.2, -0.15) is 0 Å². The van der Waals surface area contributed by atoms with E-state index in [0.717, 1.165) is 5.69 Å². The maximum atomic E-state index is 13.6. The van der Waals surface area contributed by atoms with Crippen molar-refractivity contribution in [3.8, 4) is 0 Å². The quantitative estimate of drug-likeness (QED) is 0.815. The Morgan fingerprint density at radius 2 is 2.12 bits per heavy atom. The topological polar surface area (TPSA) is 32.9 Å². The van der Waals surface area contributed by atoms with Gasteiger partial charge in [0, 0.05) is 11.3 Å². The highest BCUT2D eigenvalue weighted by Gasteiger charge is 2.13. The van der Waals surface area contributed by atoms with E-state index in [-0.39, 0.29) is 10.8 Å². The number of halogens is 2. The molecule has 1 N–H and O–H groups in total. The second-order valence-electron chi connectivity index (χ2n) is 3.69. The van der Waals surface area contributed by atoms with Crippen molar-refractivity contribution in [2.75, 3.05) is 0 Å². The molecular formula is C12H11ClFNO. The lowest BCUT2D eigenvalue weighted by atomic mass is 10.1. The number of pyridine rings is 1. The van der Waals surface area contributed by atoms with Gasteiger partial charge < -0.3 is 4.98 Å². The van der Waals surface area contributed by atoms with Gasteiger partial charge in [0.1, 0.15) is 5.82 Å². The third-order valence-electron chi connectivity index (χ3n) is 2.72. The first-order valence-corrected chi connectivity index (χ1v) is 5.43. The van der Waals surface area contributed by atoms with Crippen molar-refractivity contribution in [2.45, 2.75) is 20.3 Å². The fraction of sp³-hybridized carbons (Fsp3) is 0.250. The van der Waals surface area contributed by atoms with Gasteiger partial charge in [-0.1, -0.05) is 18.5 Å². The maximum Gasteiger partial charge on any atom is 0.195 e. The summed E-state index contributed by atoms with van der Waals surface area (Å²) in [6, 6.07) is 2.66. The number of H-pyrrole nitrogens is 1. The van der Waals surface area contributed by atoms with E-state index in [2.05, 4.69) is 4.98 Å². The Hall–Kier alpha value is -1.35. The second kappa shape index (κ2) is 3.91. The Kier molecular flexibility index (Phi) is 2.72. The monoisotopic (exact) mass is 239 g/mol. The molecule has 0 atom stereocenters. The summed E-state index contributed by atoms with van der Waals surface area (Å²) in [6.07, 6.45) is 0.572. The smallest absolute Gasteiger partial charge is 0.195 e. The Morgan fingerprint density at radius 3 is 2.75 bits per heavy atom. The van der Waals surface area contributed by atoms with Crippen molar-refractivity contribution in [3.05, 3.63) is 44.5 Å². The third-order valence-corrected chi connectivity index (χ3v) is 3.04. The number of fused-ring (bicyclic) bond motifs is 1. The molecule has 0 radical (unpaired) electrons. The van der Waals surface area contributed by atoms with Crippen LogP contribution in [-0.4, -0.2) is 4.98 Å². The SMILES string of the molecule is CCc1c(C)[nH]c2c(Cl)ccc(F)c2c1=O. The summed E-state index contributed by atoms with van der Waals surface area (Å²) >= 11 is 5.93. The first kappa shape index (κ1) is 11.1. The van der Waals surface area contributed by atoms with Crippen molar-refractivity contribution in [1.82, 2.24) is 4.98 Å². The summed E-state index contributed by atoms with van der Waals surface area (Å²) in [7, 11) is 0. The first-order valence-electron chi connectivity index (χ1n) is 5.05. The van der Waals surface area contributed by atoms with Gasteiger partial charge in [0.05, 0.1) is 15.9 Å². The van der Waals surface area contributed by atoms with Gasteiger partial charge in [-0.25, -0.2) is 4.39 Å². The van der Waals surface area contributed by atoms with Crippen LogP contribution in [0.3, 0.4) is 0 Å². The number of benzene rings is 1. The van der Waals surface area contributed by atoms with Crippen molar-refractivity contribution >= 4 is 22.5 Å². The van der Waals surface area contributed by atoms with Gasteiger partial charge in [-0.3, -0.25) is 4.79 Å². The van der Waals surface area contributed by atoms with E-state index >= 15 is 0 Å². The van der Waals surface area contributed by atoms with Crippen LogP contribution in [0.1, 0.15) is 18.2 Å². The molecule has 1 aromatic carbocycles. The lowest BCUT2D eigenvalue weighted by molar-refractivity contribution is 0.638. The van der Waals surface area contributed by atoms with E-state index in [0.29, 0.717) is 22.5 Å². The summed E-state index contributed by atoms with van der Waals surface area (Å²) in [5, 5.41) is 0.411. The predicted molar refractivity (Wildman–Crippen MR) is 63.7 cm³/mol. The third kappa shape index (κ3) is 1.52. The lowest BCUT2D eigenvalue weighted by Gasteiger charge is -2.07. The van der Waals surface area contributed by atoms with E-state index in [9.17, 15) is 9.18 Å². The highest BCUT2D eigenvalue weighted by molar-refractivity contribution is 6.35. The minimum absolute atomic E-state index is 0.0509. The van der Waals surface area contributed by atoms with E-state index in [1.54, 1.807) is 6.92 Å². The standard InChI is InChI=1S/C12H11ClFNO/c1-3-7-6(2)15-11-8(13)4-5-9(14)10(11)12(7)16/h4-5H,3H2,1-2H3,(H,15,16). The number of aryl methyl sites for hydroxylation is 1. The number of nitrogens with one attached hydrogen (secondary N) is 1. The van der Waals surface area contributed by atoms with Crippen LogP contribution in [0.15, 0.2) is 16.9 Å². The van der Waals surface area contributed by atoms with Crippen LogP contribution in [0, 0.1) is 12.7 Å². The van der Waals surface area contributed by atoms with Gasteiger partial charge >= 0.3 is 0 Å². The average molecular weight is 240 g/mol. The molecule has 0 amide bonds. The molecule has 1 heterocycles. The fourth-order valence-corrected chi connectivity index (χ4v) is 2.11. The molecule has 2 rings (SSSR count). The number of aromatic nitrogens is 1. The van der Waals surface area contributed by atoms with Crippen LogP contribution in [0.2, 0.25) is 5.02 Å². The van der Waals surface area contributed by atoms with E-state index < -0.39 is 5.82 Å². The highest BCUT2D eigenvalue weighted by Crippen LogP contribution is 2.23. The van der Waals surface area contributed by atoms with Gasteiger partial charge in [0.15, 0.2) is 5.43 Å². The molecular weight excluding hydrogens is 229 g/mol. The molecule has 0 fully saturated rings. The van der Waals surface area contributed by atoms with E-state index in [1.807, 2.05) is 6.92 Å². The molecule has 0 aliphatic heterocycles. The van der Waals surface area contributed by atoms with E-state index in [1.165, 1.54) is 12.1 Å². The number of rotatable bonds is 1. The summed E-state index contributed by atoms with van der Waals surface area (Å²) in [5.74, 6) is -0.532. The summed E-state index contributed by atoms with van der Waals surface area (Å²) in [4.78, 5) is 15.0. The molecule has 16 heavy (non-hydrogen) atoms. The fourth-order valence-electron chi connectivity index (χ4n) is 1.91. The zero-order valence-corrected chi connectivity index (χ0v) is 9.78. The Labute approximate surface area is 97.1 Å². The van der Waals surface area contributed by atoms with Crippen LogP contribution in [0.4, 0.5) is 4.39 Å². The van der Waals surface area contributed by atoms with Crippen LogP contribution in [0.5, 0.6) is 0 Å². The Balaban J connectivity index is 3.05. The minimum Gasteiger partial charge on any atom is -0.357 e. The number of aromatic amines is 1. The zero-order chi connectivity index (χ0) is 11.9. The molecule has 0 unspecified atom stereocenters. The van der Waals surface area contributed by atoms with Crippen LogP contribution < -0.4 is 5.43 Å². The molecule has 0 bridgehead atoms. The van der Waals surface area contributed by atoms with Crippen LogP contribution in [0.25, 0.3) is 10.9 Å². The Bertz CT molecular complexity index is 618. The maximum absolute atomic E-state index is 13.6. The lowest BCUT2D eigenvalue weighted by Crippen LogP contribution is -2.14. The molecule has 2 aromatic rings. The van der Waals surface area contributed by atoms with Crippen molar-refractivity contribution in [1.29, 1.82) is 0 Å². The van der Waals surface area contributed by atoms with Gasteiger partial charge in [0.25, 0.3) is 0 Å². The zero-order valence-electron chi connectivity index (χ0n) is 9.03. The molecule has 2 nitrogen and oxygen atoms in total. The highest BCUT2D eigenvalue weighted by atomic mass is 35.5. The molecule has 0 aliphatic carbocycles. The van der Waals surface area contributed by atoms with Gasteiger partial charge in [-0.15, -0.1) is 0 Å². The van der Waals surface area contributed by atoms with Gasteiger partial charge in [0.2, 0.25) is 0 Å². The first-order chi connectivity index (χ1) is 7.56. The van der Waals surface area contributed by atoms with Crippen LogP contribution >= 0.6 is 11.6 Å². The van der Waals surface area contributed by atoms with Crippen molar-refractivity contribution in [2.24, 2.45) is 0 Å². The predicted octanol–water partition coefficient (Wildman–Crippen LogP) is 3.19. The summed E-state index contributed by atoms with van der Waals surface area (Å²) in [6.45, 7) is 3.66. The van der Waals surface area contributed by atoms with E-state index in [4.69, 9.17) is 11.6 Å². The van der Waals surface area contributed by atoms with Crippen molar-refractivity contribution in [3.63, 3.8) is 0 Å². The van der Waals surface area contributed by atoms with Crippen LogP contribution in [-0.2, 0) is 6.42 Å². The number of hydrogen-bond donors (Lipinski definition) is 1. The largest absolute Gasteiger partial charge is 0.357 e. The molecule has 84 valence electrons. The van der Waals surface area contributed by atoms with Crippen molar-refractivity contribution < 1.29 is 4.39 Å². The Morgan fingerprint density at radius 1 is 1.44 bits per heavy atom. The minimum atomic E-state index is -0.532. The normalized spacial score (nSPS) is 11.0. The molecule has 4 heteroatoms. The molecule has 0 spiro atoms. The summed E-state index contributed by atoms with van der Waals surface area (Å²) in [5.41, 5.74) is 1.45. The molecule has 0 saturated carbocycles. The van der Waals surface area contributed by atoms with Gasteiger partial charge in [-0.05, 0) is 25.5 Å². The summed E-state index contributed by atoms with van der Waals surface area (Å²) < 4.78 is 13.6. The molecule has 0 aliphatic rings.